The Morgan fingerprint density at radius 3 is 2.57 bits per heavy atom. The highest BCUT2D eigenvalue weighted by molar-refractivity contribution is 7.89. The summed E-state index contributed by atoms with van der Waals surface area (Å²) in [5.41, 5.74) is 5.36. The maximum Gasteiger partial charge on any atom is 0.243 e. The number of nitrogens with two attached hydrogens (primary N) is 1. The molecule has 0 saturated carbocycles. The van der Waals surface area contributed by atoms with Crippen LogP contribution in [0.25, 0.3) is 0 Å². The number of hydrogen-bond acceptors (Lipinski definition) is 4. The lowest BCUT2D eigenvalue weighted by molar-refractivity contribution is 0.251. The maximum absolute atomic E-state index is 13.5. The molecule has 0 aromatic heterocycles. The molecule has 2 heterocycles. The first-order valence-electron chi connectivity index (χ1n) is 7.28. The topological polar surface area (TPSA) is 66.6 Å². The highest BCUT2D eigenvalue weighted by atomic mass is 32.2. The average Bonchev–Trinajstić information content (AvgIpc) is 3.11. The Hall–Kier alpha value is -1.18. The van der Waals surface area contributed by atoms with Crippen molar-refractivity contribution >= 4 is 15.7 Å². The van der Waals surface area contributed by atoms with Crippen LogP contribution in [-0.4, -0.2) is 49.8 Å². The Bertz CT molecular complexity index is 629. The molecule has 3 rings (SSSR count). The minimum Gasteiger partial charge on any atom is -0.396 e. The second-order valence-corrected chi connectivity index (χ2v) is 7.67. The number of halogens is 1. The fourth-order valence-electron chi connectivity index (χ4n) is 3.15. The van der Waals surface area contributed by atoms with Gasteiger partial charge in [0, 0.05) is 19.1 Å². The summed E-state index contributed by atoms with van der Waals surface area (Å²) >= 11 is 0. The van der Waals surface area contributed by atoms with E-state index in [1.54, 1.807) is 0 Å². The van der Waals surface area contributed by atoms with Crippen LogP contribution in [0, 0.1) is 5.82 Å². The predicted octanol–water partition coefficient (Wildman–Crippen LogP) is 1.27. The lowest BCUT2D eigenvalue weighted by Crippen LogP contribution is -2.37. The van der Waals surface area contributed by atoms with E-state index in [1.165, 1.54) is 29.3 Å². The van der Waals surface area contributed by atoms with E-state index in [1.807, 2.05) is 0 Å². The summed E-state index contributed by atoms with van der Waals surface area (Å²) in [5, 5.41) is 0. The summed E-state index contributed by atoms with van der Waals surface area (Å²) in [6.45, 7) is 3.09. The van der Waals surface area contributed by atoms with Gasteiger partial charge in [0.25, 0.3) is 0 Å². The molecule has 5 nitrogen and oxygen atoms in total. The SMILES string of the molecule is Nc1ccc(S(=O)(=O)N2CCC(N3CCCC3)C2)cc1F. The van der Waals surface area contributed by atoms with E-state index >= 15 is 0 Å². The third kappa shape index (κ3) is 2.77. The molecule has 1 atom stereocenters. The van der Waals surface area contributed by atoms with Gasteiger partial charge < -0.3 is 5.73 Å². The van der Waals surface area contributed by atoms with Crippen LogP contribution in [0.4, 0.5) is 10.1 Å². The van der Waals surface area contributed by atoms with Gasteiger partial charge in [-0.2, -0.15) is 4.31 Å². The van der Waals surface area contributed by atoms with E-state index in [2.05, 4.69) is 4.90 Å². The number of hydrogen-bond donors (Lipinski definition) is 1. The molecule has 2 aliphatic rings. The van der Waals surface area contributed by atoms with Crippen LogP contribution < -0.4 is 5.73 Å². The molecular formula is C14H20FN3O2S. The van der Waals surface area contributed by atoms with Gasteiger partial charge in [-0.15, -0.1) is 0 Å². The molecule has 0 amide bonds. The Morgan fingerprint density at radius 1 is 1.19 bits per heavy atom. The third-order valence-corrected chi connectivity index (χ3v) is 6.25. The standard InChI is InChI=1S/C14H20FN3O2S/c15-13-9-12(3-4-14(13)16)21(19,20)18-8-5-11(10-18)17-6-1-2-7-17/h3-4,9,11H,1-2,5-8,10,16H2. The number of anilines is 1. The molecule has 2 saturated heterocycles. The zero-order valence-corrected chi connectivity index (χ0v) is 12.7. The first-order valence-corrected chi connectivity index (χ1v) is 8.72. The highest BCUT2D eigenvalue weighted by Crippen LogP contribution is 2.26. The van der Waals surface area contributed by atoms with E-state index in [9.17, 15) is 12.8 Å². The van der Waals surface area contributed by atoms with E-state index in [4.69, 9.17) is 5.73 Å². The van der Waals surface area contributed by atoms with Crippen molar-refractivity contribution in [2.24, 2.45) is 0 Å². The van der Waals surface area contributed by atoms with Crippen molar-refractivity contribution in [1.82, 2.24) is 9.21 Å². The van der Waals surface area contributed by atoms with E-state index < -0.39 is 15.8 Å². The Morgan fingerprint density at radius 2 is 1.90 bits per heavy atom. The van der Waals surface area contributed by atoms with Crippen molar-refractivity contribution < 1.29 is 12.8 Å². The van der Waals surface area contributed by atoms with Gasteiger partial charge in [-0.3, -0.25) is 4.90 Å². The average molecular weight is 313 g/mol. The summed E-state index contributed by atoms with van der Waals surface area (Å²) in [6.07, 6.45) is 3.22. The monoisotopic (exact) mass is 313 g/mol. The number of likely N-dealkylation sites (tertiary alicyclic amines) is 1. The van der Waals surface area contributed by atoms with Crippen LogP contribution in [0.3, 0.4) is 0 Å². The molecule has 0 radical (unpaired) electrons. The fraction of sp³-hybridized carbons (Fsp3) is 0.571. The van der Waals surface area contributed by atoms with Crippen molar-refractivity contribution in [2.45, 2.75) is 30.2 Å². The number of rotatable bonds is 3. The van der Waals surface area contributed by atoms with Crippen molar-refractivity contribution in [1.29, 1.82) is 0 Å². The summed E-state index contributed by atoms with van der Waals surface area (Å²) in [4.78, 5) is 2.34. The molecule has 0 bridgehead atoms. The van der Waals surface area contributed by atoms with Crippen LogP contribution >= 0.6 is 0 Å². The van der Waals surface area contributed by atoms with Crippen LogP contribution in [-0.2, 0) is 10.0 Å². The van der Waals surface area contributed by atoms with Crippen molar-refractivity contribution in [3.05, 3.63) is 24.0 Å². The van der Waals surface area contributed by atoms with E-state index in [0.717, 1.165) is 25.6 Å². The van der Waals surface area contributed by atoms with Crippen LogP contribution in [0.1, 0.15) is 19.3 Å². The minimum atomic E-state index is -3.63. The first kappa shape index (κ1) is 14.7. The molecule has 116 valence electrons. The summed E-state index contributed by atoms with van der Waals surface area (Å²) in [6, 6.07) is 3.97. The maximum atomic E-state index is 13.5. The zero-order valence-electron chi connectivity index (χ0n) is 11.8. The number of benzene rings is 1. The zero-order chi connectivity index (χ0) is 15.0. The molecule has 2 aliphatic heterocycles. The van der Waals surface area contributed by atoms with Gasteiger partial charge in [-0.1, -0.05) is 0 Å². The smallest absolute Gasteiger partial charge is 0.243 e. The molecule has 0 aliphatic carbocycles. The molecule has 1 aromatic rings. The normalized spacial score (nSPS) is 24.7. The quantitative estimate of drug-likeness (QED) is 0.853. The van der Waals surface area contributed by atoms with Gasteiger partial charge in [-0.05, 0) is 50.6 Å². The van der Waals surface area contributed by atoms with Gasteiger partial charge >= 0.3 is 0 Å². The molecule has 7 heteroatoms. The van der Waals surface area contributed by atoms with Gasteiger partial charge in [0.05, 0.1) is 10.6 Å². The molecule has 2 N–H and O–H groups in total. The van der Waals surface area contributed by atoms with Crippen LogP contribution in [0.5, 0.6) is 0 Å². The molecule has 1 aromatic carbocycles. The number of nitrogens with zero attached hydrogens (tertiary/aromatic N) is 2. The summed E-state index contributed by atoms with van der Waals surface area (Å²) < 4.78 is 40.1. The minimum absolute atomic E-state index is 0.0173. The number of sulfonamides is 1. The fourth-order valence-corrected chi connectivity index (χ4v) is 4.66. The molecule has 2 fully saturated rings. The van der Waals surface area contributed by atoms with Gasteiger partial charge in [0.1, 0.15) is 5.82 Å². The van der Waals surface area contributed by atoms with E-state index in [0.29, 0.717) is 19.1 Å². The highest BCUT2D eigenvalue weighted by Gasteiger charge is 2.36. The third-order valence-electron chi connectivity index (χ3n) is 4.39. The molecule has 0 spiro atoms. The van der Waals surface area contributed by atoms with Gasteiger partial charge in [-0.25, -0.2) is 12.8 Å². The Labute approximate surface area is 124 Å². The Kier molecular flexibility index (Phi) is 3.90. The van der Waals surface area contributed by atoms with Crippen LogP contribution in [0.2, 0.25) is 0 Å². The lowest BCUT2D eigenvalue weighted by Gasteiger charge is -2.23. The number of nitrogen functional groups attached to an aromatic ring is 1. The van der Waals surface area contributed by atoms with Crippen molar-refractivity contribution in [2.75, 3.05) is 31.9 Å². The molecule has 21 heavy (non-hydrogen) atoms. The van der Waals surface area contributed by atoms with Crippen molar-refractivity contribution in [3.8, 4) is 0 Å². The summed E-state index contributed by atoms with van der Waals surface area (Å²) in [5.74, 6) is -0.689. The van der Waals surface area contributed by atoms with Crippen LogP contribution in [0.15, 0.2) is 23.1 Å². The first-order chi connectivity index (χ1) is 9.98. The second-order valence-electron chi connectivity index (χ2n) is 5.73. The van der Waals surface area contributed by atoms with Gasteiger partial charge in [0.15, 0.2) is 0 Å². The predicted molar refractivity (Wildman–Crippen MR) is 78.8 cm³/mol. The largest absolute Gasteiger partial charge is 0.396 e. The van der Waals surface area contributed by atoms with E-state index in [-0.39, 0.29) is 10.6 Å². The molecular weight excluding hydrogens is 293 g/mol. The summed E-state index contributed by atoms with van der Waals surface area (Å²) in [7, 11) is -3.63. The van der Waals surface area contributed by atoms with Crippen molar-refractivity contribution in [3.63, 3.8) is 0 Å². The second kappa shape index (κ2) is 5.55. The molecule has 1 unspecified atom stereocenters. The Balaban J connectivity index is 1.77. The lowest BCUT2D eigenvalue weighted by atomic mass is 10.2. The van der Waals surface area contributed by atoms with Gasteiger partial charge in [0.2, 0.25) is 10.0 Å².